The fraction of sp³-hybridized carbons (Fsp3) is 1.00. The van der Waals surface area contributed by atoms with Crippen LogP contribution in [0.5, 0.6) is 0 Å². The Bertz CT molecular complexity index is 136. The van der Waals surface area contributed by atoms with Crippen LogP contribution in [-0.2, 0) is 4.74 Å². The van der Waals surface area contributed by atoms with E-state index in [1.807, 2.05) is 0 Å². The van der Waals surface area contributed by atoms with E-state index in [0.717, 1.165) is 6.54 Å². The van der Waals surface area contributed by atoms with Crippen LogP contribution >= 0.6 is 0 Å². The Morgan fingerprint density at radius 2 is 1.50 bits per heavy atom. The lowest BCUT2D eigenvalue weighted by molar-refractivity contribution is -0.0414. The quantitative estimate of drug-likeness (QED) is 0.645. The summed E-state index contributed by atoms with van der Waals surface area (Å²) in [6.07, 6.45) is 0.572. The zero-order valence-electron chi connectivity index (χ0n) is 10.7. The molecular weight excluding hydrogens is 176 g/mol. The third-order valence-corrected chi connectivity index (χ3v) is 2.34. The molecule has 0 saturated carbocycles. The van der Waals surface area contributed by atoms with Crippen molar-refractivity contribution in [2.45, 2.75) is 39.0 Å². The van der Waals surface area contributed by atoms with Crippen LogP contribution in [0.25, 0.3) is 0 Å². The minimum atomic E-state index is 0.278. The first kappa shape index (κ1) is 13.9. The van der Waals surface area contributed by atoms with Crippen molar-refractivity contribution in [3.63, 3.8) is 0 Å². The molecule has 14 heavy (non-hydrogen) atoms. The van der Waals surface area contributed by atoms with Crippen molar-refractivity contribution in [1.82, 2.24) is 9.80 Å². The van der Waals surface area contributed by atoms with E-state index in [2.05, 4.69) is 58.8 Å². The first-order chi connectivity index (χ1) is 6.34. The van der Waals surface area contributed by atoms with E-state index in [1.165, 1.54) is 0 Å². The minimum Gasteiger partial charge on any atom is -0.373 e. The van der Waals surface area contributed by atoms with Crippen LogP contribution in [-0.4, -0.2) is 62.8 Å². The van der Waals surface area contributed by atoms with E-state index in [4.69, 9.17) is 4.74 Å². The molecule has 86 valence electrons. The maximum atomic E-state index is 5.90. The SMILES string of the molecule is CC(C)OC(CN(C)C)C(C)N(C)C. The molecule has 0 aliphatic heterocycles. The summed E-state index contributed by atoms with van der Waals surface area (Å²) in [6.45, 7) is 7.35. The summed E-state index contributed by atoms with van der Waals surface area (Å²) < 4.78 is 5.90. The van der Waals surface area contributed by atoms with Crippen molar-refractivity contribution in [2.75, 3.05) is 34.7 Å². The smallest absolute Gasteiger partial charge is 0.0857 e. The molecule has 0 radical (unpaired) electrons. The summed E-state index contributed by atoms with van der Waals surface area (Å²) in [5, 5.41) is 0. The zero-order chi connectivity index (χ0) is 11.3. The van der Waals surface area contributed by atoms with Gasteiger partial charge in [-0.3, -0.25) is 0 Å². The highest BCUT2D eigenvalue weighted by molar-refractivity contribution is 4.75. The normalized spacial score (nSPS) is 16.7. The Morgan fingerprint density at radius 1 is 1.00 bits per heavy atom. The van der Waals surface area contributed by atoms with Crippen molar-refractivity contribution in [3.8, 4) is 0 Å². The van der Waals surface area contributed by atoms with Crippen LogP contribution in [0, 0.1) is 0 Å². The van der Waals surface area contributed by atoms with Crippen molar-refractivity contribution in [1.29, 1.82) is 0 Å². The molecule has 0 aliphatic rings. The van der Waals surface area contributed by atoms with E-state index in [-0.39, 0.29) is 6.10 Å². The van der Waals surface area contributed by atoms with Gasteiger partial charge in [0.1, 0.15) is 0 Å². The predicted molar refractivity (Wildman–Crippen MR) is 61.7 cm³/mol. The maximum Gasteiger partial charge on any atom is 0.0857 e. The van der Waals surface area contributed by atoms with E-state index in [9.17, 15) is 0 Å². The number of likely N-dealkylation sites (N-methyl/N-ethyl adjacent to an activating group) is 2. The van der Waals surface area contributed by atoms with Gasteiger partial charge in [0.15, 0.2) is 0 Å². The van der Waals surface area contributed by atoms with E-state index >= 15 is 0 Å². The third-order valence-electron chi connectivity index (χ3n) is 2.34. The standard InChI is InChI=1S/C11H26N2O/c1-9(2)14-11(8-12(4)5)10(3)13(6)7/h9-11H,8H2,1-7H3. The van der Waals surface area contributed by atoms with Crippen LogP contribution in [0.15, 0.2) is 0 Å². The molecule has 0 aromatic rings. The van der Waals surface area contributed by atoms with Gasteiger partial charge in [-0.15, -0.1) is 0 Å². The number of rotatable bonds is 6. The Kier molecular flexibility index (Phi) is 6.33. The molecule has 0 rings (SSSR count). The Morgan fingerprint density at radius 3 is 1.79 bits per heavy atom. The van der Waals surface area contributed by atoms with E-state index in [1.54, 1.807) is 0 Å². The maximum absolute atomic E-state index is 5.90. The largest absolute Gasteiger partial charge is 0.373 e. The molecule has 2 atom stereocenters. The molecule has 3 nitrogen and oxygen atoms in total. The lowest BCUT2D eigenvalue weighted by atomic mass is 10.1. The predicted octanol–water partition coefficient (Wildman–Crippen LogP) is 1.29. The van der Waals surface area contributed by atoms with Crippen LogP contribution in [0.2, 0.25) is 0 Å². The highest BCUT2D eigenvalue weighted by atomic mass is 16.5. The molecule has 0 saturated heterocycles. The number of hydrogen-bond acceptors (Lipinski definition) is 3. The molecule has 0 fully saturated rings. The van der Waals surface area contributed by atoms with Crippen molar-refractivity contribution >= 4 is 0 Å². The summed E-state index contributed by atoms with van der Waals surface area (Å²) in [6, 6.07) is 0.444. The summed E-state index contributed by atoms with van der Waals surface area (Å²) in [4.78, 5) is 4.38. The molecule has 0 N–H and O–H groups in total. The second-order valence-electron chi connectivity index (χ2n) is 4.69. The van der Waals surface area contributed by atoms with Gasteiger partial charge in [0.2, 0.25) is 0 Å². The van der Waals surface area contributed by atoms with Gasteiger partial charge in [0.25, 0.3) is 0 Å². The van der Waals surface area contributed by atoms with Gasteiger partial charge in [-0.1, -0.05) is 0 Å². The second-order valence-corrected chi connectivity index (χ2v) is 4.69. The summed E-state index contributed by atoms with van der Waals surface area (Å²) in [5.41, 5.74) is 0. The molecule has 0 amide bonds. The highest BCUT2D eigenvalue weighted by Gasteiger charge is 2.21. The molecule has 0 spiro atoms. The summed E-state index contributed by atoms with van der Waals surface area (Å²) in [5.74, 6) is 0. The molecular formula is C11H26N2O. The number of ether oxygens (including phenoxy) is 1. The van der Waals surface area contributed by atoms with Gasteiger partial charge < -0.3 is 14.5 Å². The Hall–Kier alpha value is -0.120. The van der Waals surface area contributed by atoms with E-state index in [0.29, 0.717) is 12.1 Å². The number of nitrogens with zero attached hydrogens (tertiary/aromatic N) is 2. The van der Waals surface area contributed by atoms with Crippen molar-refractivity contribution in [3.05, 3.63) is 0 Å². The fourth-order valence-electron chi connectivity index (χ4n) is 1.35. The lowest BCUT2D eigenvalue weighted by Crippen LogP contribution is -2.45. The second kappa shape index (κ2) is 6.38. The van der Waals surface area contributed by atoms with Crippen LogP contribution < -0.4 is 0 Å². The Balaban J connectivity index is 4.22. The highest BCUT2D eigenvalue weighted by Crippen LogP contribution is 2.08. The molecule has 0 heterocycles. The van der Waals surface area contributed by atoms with Crippen LogP contribution in [0.4, 0.5) is 0 Å². The molecule has 0 bridgehead atoms. The molecule has 0 aromatic carbocycles. The lowest BCUT2D eigenvalue weighted by Gasteiger charge is -2.32. The first-order valence-electron chi connectivity index (χ1n) is 5.31. The molecule has 3 heteroatoms. The van der Waals surface area contributed by atoms with E-state index < -0.39 is 0 Å². The van der Waals surface area contributed by atoms with Crippen LogP contribution in [0.1, 0.15) is 20.8 Å². The fourth-order valence-corrected chi connectivity index (χ4v) is 1.35. The van der Waals surface area contributed by atoms with Gasteiger partial charge >= 0.3 is 0 Å². The summed E-state index contributed by atoms with van der Waals surface area (Å²) in [7, 11) is 8.35. The van der Waals surface area contributed by atoms with Crippen LogP contribution in [0.3, 0.4) is 0 Å². The minimum absolute atomic E-state index is 0.278. The van der Waals surface area contributed by atoms with Gasteiger partial charge in [0, 0.05) is 12.6 Å². The first-order valence-corrected chi connectivity index (χ1v) is 5.31. The van der Waals surface area contributed by atoms with Gasteiger partial charge in [0.05, 0.1) is 12.2 Å². The van der Waals surface area contributed by atoms with Crippen molar-refractivity contribution < 1.29 is 4.74 Å². The molecule has 0 aromatic heterocycles. The zero-order valence-corrected chi connectivity index (χ0v) is 10.7. The molecule has 2 unspecified atom stereocenters. The Labute approximate surface area is 89.0 Å². The monoisotopic (exact) mass is 202 g/mol. The third kappa shape index (κ3) is 5.58. The van der Waals surface area contributed by atoms with Gasteiger partial charge in [-0.2, -0.15) is 0 Å². The molecule has 0 aliphatic carbocycles. The van der Waals surface area contributed by atoms with Gasteiger partial charge in [-0.05, 0) is 49.0 Å². The van der Waals surface area contributed by atoms with Gasteiger partial charge in [-0.25, -0.2) is 0 Å². The number of hydrogen-bond donors (Lipinski definition) is 0. The summed E-state index contributed by atoms with van der Waals surface area (Å²) >= 11 is 0. The topological polar surface area (TPSA) is 15.7 Å². The average molecular weight is 202 g/mol. The van der Waals surface area contributed by atoms with Crippen molar-refractivity contribution in [2.24, 2.45) is 0 Å². The average Bonchev–Trinajstić information content (AvgIpc) is 1.99.